The zero-order valence-corrected chi connectivity index (χ0v) is 14.5. The van der Waals surface area contributed by atoms with E-state index in [1.807, 2.05) is 4.90 Å². The second kappa shape index (κ2) is 7.62. The third-order valence-corrected chi connectivity index (χ3v) is 4.75. The van der Waals surface area contributed by atoms with E-state index in [1.165, 1.54) is 0 Å². The highest BCUT2D eigenvalue weighted by Gasteiger charge is 2.40. The van der Waals surface area contributed by atoms with E-state index >= 15 is 0 Å². The smallest absolute Gasteiger partial charge is 0.228 e. The Labute approximate surface area is 138 Å². The highest BCUT2D eigenvalue weighted by molar-refractivity contribution is 5.89. The number of hydrogen-bond acceptors (Lipinski definition) is 4. The molecule has 2 aliphatic heterocycles. The first-order valence-electron chi connectivity index (χ1n) is 7.66. The fraction of sp³-hybridized carbons (Fsp3) is 0.867. The van der Waals surface area contributed by atoms with E-state index in [1.54, 1.807) is 12.0 Å². The molecule has 0 bridgehead atoms. The molecule has 2 amide bonds. The van der Waals surface area contributed by atoms with Crippen molar-refractivity contribution in [3.63, 3.8) is 0 Å². The molecule has 128 valence electrons. The van der Waals surface area contributed by atoms with Crippen LogP contribution in [-0.4, -0.2) is 67.6 Å². The molecule has 0 aromatic heterocycles. The summed E-state index contributed by atoms with van der Waals surface area (Å²) in [6.07, 6.45) is 1.15. The lowest BCUT2D eigenvalue weighted by molar-refractivity contribution is -0.139. The largest absolute Gasteiger partial charge is 0.383 e. The summed E-state index contributed by atoms with van der Waals surface area (Å²) in [5.41, 5.74) is 6.05. The predicted octanol–water partition coefficient (Wildman–Crippen LogP) is 0.489. The Balaban J connectivity index is 0.00000242. The van der Waals surface area contributed by atoms with Crippen molar-refractivity contribution in [1.82, 2.24) is 9.80 Å². The van der Waals surface area contributed by atoms with E-state index in [9.17, 15) is 9.59 Å². The number of piperidine rings is 1. The van der Waals surface area contributed by atoms with Gasteiger partial charge in [-0.05, 0) is 11.8 Å². The molecule has 2 aliphatic rings. The van der Waals surface area contributed by atoms with Crippen LogP contribution in [0.2, 0.25) is 0 Å². The standard InChI is InChI=1S/C15H27N3O3.ClH/c1-15(2)10-18(5-4-12(15)16)14(20)11-8-13(19)17(9-11)6-7-21-3;/h11-12H,4-10,16H2,1-3H3;1H. The quantitative estimate of drug-likeness (QED) is 0.812. The van der Waals surface area contributed by atoms with Crippen LogP contribution < -0.4 is 5.73 Å². The first-order valence-corrected chi connectivity index (χ1v) is 7.66. The lowest BCUT2D eigenvalue weighted by Gasteiger charge is -2.43. The van der Waals surface area contributed by atoms with Crippen LogP contribution in [0.25, 0.3) is 0 Å². The number of likely N-dealkylation sites (tertiary alicyclic amines) is 2. The van der Waals surface area contributed by atoms with Crippen molar-refractivity contribution in [3.05, 3.63) is 0 Å². The molecule has 0 aromatic rings. The first-order chi connectivity index (χ1) is 9.85. The van der Waals surface area contributed by atoms with Crippen molar-refractivity contribution in [3.8, 4) is 0 Å². The van der Waals surface area contributed by atoms with Gasteiger partial charge in [0.2, 0.25) is 11.8 Å². The van der Waals surface area contributed by atoms with Gasteiger partial charge in [-0.3, -0.25) is 9.59 Å². The van der Waals surface area contributed by atoms with E-state index in [-0.39, 0.29) is 41.6 Å². The van der Waals surface area contributed by atoms with Gasteiger partial charge in [-0.25, -0.2) is 0 Å². The van der Waals surface area contributed by atoms with Crippen LogP contribution in [0.15, 0.2) is 0 Å². The number of nitrogens with zero attached hydrogens (tertiary/aromatic N) is 2. The van der Waals surface area contributed by atoms with Crippen LogP contribution in [0, 0.1) is 11.3 Å². The average molecular weight is 334 g/mol. The SMILES string of the molecule is COCCN1CC(C(=O)N2CCC(N)C(C)(C)C2)CC1=O.Cl. The Hall–Kier alpha value is -0.850. The highest BCUT2D eigenvalue weighted by atomic mass is 35.5. The van der Waals surface area contributed by atoms with Crippen LogP contribution in [0.1, 0.15) is 26.7 Å². The molecule has 6 nitrogen and oxygen atoms in total. The van der Waals surface area contributed by atoms with E-state index in [0.717, 1.165) is 6.42 Å². The maximum Gasteiger partial charge on any atom is 0.228 e. The molecule has 2 atom stereocenters. The van der Waals surface area contributed by atoms with Gasteiger partial charge in [0.1, 0.15) is 0 Å². The topological polar surface area (TPSA) is 75.9 Å². The van der Waals surface area contributed by atoms with Crippen LogP contribution in [0.3, 0.4) is 0 Å². The maximum absolute atomic E-state index is 12.6. The summed E-state index contributed by atoms with van der Waals surface area (Å²) >= 11 is 0. The van der Waals surface area contributed by atoms with Crippen LogP contribution in [0.4, 0.5) is 0 Å². The molecule has 2 unspecified atom stereocenters. The maximum atomic E-state index is 12.6. The molecule has 2 rings (SSSR count). The van der Waals surface area contributed by atoms with Gasteiger partial charge in [-0.15, -0.1) is 12.4 Å². The molecular formula is C15H28ClN3O3. The highest BCUT2D eigenvalue weighted by Crippen LogP contribution is 2.30. The van der Waals surface area contributed by atoms with Crippen molar-refractivity contribution in [2.75, 3.05) is 39.9 Å². The Morgan fingerprint density at radius 3 is 2.73 bits per heavy atom. The molecule has 0 spiro atoms. The number of methoxy groups -OCH3 is 1. The minimum absolute atomic E-state index is 0. The minimum atomic E-state index is -0.209. The van der Waals surface area contributed by atoms with Gasteiger partial charge in [0.15, 0.2) is 0 Å². The van der Waals surface area contributed by atoms with Crippen LogP contribution >= 0.6 is 12.4 Å². The molecule has 0 aromatic carbocycles. The summed E-state index contributed by atoms with van der Waals surface area (Å²) in [6.45, 7) is 7.17. The second-order valence-electron chi connectivity index (χ2n) is 6.88. The number of nitrogens with two attached hydrogens (primary N) is 1. The average Bonchev–Trinajstić information content (AvgIpc) is 2.80. The summed E-state index contributed by atoms with van der Waals surface area (Å²) < 4.78 is 5.00. The van der Waals surface area contributed by atoms with Gasteiger partial charge < -0.3 is 20.3 Å². The molecule has 0 saturated carbocycles. The molecule has 2 heterocycles. The van der Waals surface area contributed by atoms with Gasteiger partial charge in [0.25, 0.3) is 0 Å². The number of rotatable bonds is 4. The van der Waals surface area contributed by atoms with Gasteiger partial charge in [-0.2, -0.15) is 0 Å². The molecule has 22 heavy (non-hydrogen) atoms. The minimum Gasteiger partial charge on any atom is -0.383 e. The number of carbonyl (C=O) groups excluding carboxylic acids is 2. The summed E-state index contributed by atoms with van der Waals surface area (Å²) in [7, 11) is 1.61. The second-order valence-corrected chi connectivity index (χ2v) is 6.88. The molecule has 2 N–H and O–H groups in total. The molecule has 0 radical (unpaired) electrons. The summed E-state index contributed by atoms with van der Waals surface area (Å²) in [6, 6.07) is 0.130. The Bertz CT molecular complexity index is 417. The molecule has 7 heteroatoms. The fourth-order valence-electron chi connectivity index (χ4n) is 3.18. The van der Waals surface area contributed by atoms with Gasteiger partial charge in [0, 0.05) is 45.8 Å². The van der Waals surface area contributed by atoms with Crippen molar-refractivity contribution >= 4 is 24.2 Å². The normalized spacial score (nSPS) is 27.7. The third kappa shape index (κ3) is 4.12. The summed E-state index contributed by atoms with van der Waals surface area (Å²) in [4.78, 5) is 28.2. The number of ether oxygens (including phenoxy) is 1. The number of amides is 2. The van der Waals surface area contributed by atoms with Crippen molar-refractivity contribution in [1.29, 1.82) is 0 Å². The number of halogens is 1. The third-order valence-electron chi connectivity index (χ3n) is 4.75. The van der Waals surface area contributed by atoms with Crippen molar-refractivity contribution in [2.24, 2.45) is 17.1 Å². The zero-order valence-electron chi connectivity index (χ0n) is 13.7. The summed E-state index contributed by atoms with van der Waals surface area (Å²) in [5.74, 6) is -0.0545. The van der Waals surface area contributed by atoms with Crippen molar-refractivity contribution in [2.45, 2.75) is 32.7 Å². The Kier molecular flexibility index (Phi) is 6.65. The predicted molar refractivity (Wildman–Crippen MR) is 86.8 cm³/mol. The number of hydrogen-bond donors (Lipinski definition) is 1. The van der Waals surface area contributed by atoms with E-state index < -0.39 is 0 Å². The fourth-order valence-corrected chi connectivity index (χ4v) is 3.18. The van der Waals surface area contributed by atoms with Crippen LogP contribution in [0.5, 0.6) is 0 Å². The van der Waals surface area contributed by atoms with E-state index in [0.29, 0.717) is 39.2 Å². The molecule has 2 saturated heterocycles. The Morgan fingerprint density at radius 1 is 1.45 bits per heavy atom. The Morgan fingerprint density at radius 2 is 2.14 bits per heavy atom. The van der Waals surface area contributed by atoms with E-state index in [2.05, 4.69) is 13.8 Å². The summed E-state index contributed by atoms with van der Waals surface area (Å²) in [5, 5.41) is 0. The van der Waals surface area contributed by atoms with Gasteiger partial charge in [-0.1, -0.05) is 13.8 Å². The van der Waals surface area contributed by atoms with Gasteiger partial charge in [0.05, 0.1) is 12.5 Å². The molecular weight excluding hydrogens is 306 g/mol. The van der Waals surface area contributed by atoms with Crippen molar-refractivity contribution < 1.29 is 14.3 Å². The molecule has 2 fully saturated rings. The van der Waals surface area contributed by atoms with E-state index in [4.69, 9.17) is 10.5 Å². The first kappa shape index (κ1) is 19.2. The van der Waals surface area contributed by atoms with Gasteiger partial charge >= 0.3 is 0 Å². The lowest BCUT2D eigenvalue weighted by atomic mass is 9.79. The zero-order chi connectivity index (χ0) is 15.6. The molecule has 0 aliphatic carbocycles. The van der Waals surface area contributed by atoms with Crippen LogP contribution in [-0.2, 0) is 14.3 Å². The monoisotopic (exact) mass is 333 g/mol. The number of carbonyl (C=O) groups is 2. The lowest BCUT2D eigenvalue weighted by Crippen LogP contribution is -2.55.